The van der Waals surface area contributed by atoms with Crippen LogP contribution in [-0.2, 0) is 37.4 Å². The minimum absolute atomic E-state index is 0. The molecule has 5 atom stereocenters. The molecule has 1 radical (unpaired) electrons. The molecule has 4 aliphatic rings. The van der Waals surface area contributed by atoms with Crippen molar-refractivity contribution in [2.45, 2.75) is 51.5 Å². The summed E-state index contributed by atoms with van der Waals surface area (Å²) >= 11 is 0. The van der Waals surface area contributed by atoms with E-state index in [0.29, 0.717) is 5.41 Å². The van der Waals surface area contributed by atoms with Gasteiger partial charge in [-0.2, -0.15) is 0 Å². The number of hydrogen-bond donors (Lipinski definition) is 1. The molecule has 4 heteroatoms. The molecule has 4 fully saturated rings. The van der Waals surface area contributed by atoms with Gasteiger partial charge in [0.05, 0.1) is 5.60 Å². The molecular weight excluding hydrogens is 286 g/mol. The first-order chi connectivity index (χ1) is 7.35. The van der Waals surface area contributed by atoms with E-state index < -0.39 is 0 Å². The van der Waals surface area contributed by atoms with Gasteiger partial charge in [0.2, 0.25) is 0 Å². The van der Waals surface area contributed by atoms with E-state index >= 15 is 0 Å². The summed E-state index contributed by atoms with van der Waals surface area (Å²) in [5.41, 5.74) is 6.46. The Morgan fingerprint density at radius 2 is 1.94 bits per heavy atom. The van der Waals surface area contributed by atoms with E-state index in [0.717, 1.165) is 24.1 Å². The van der Waals surface area contributed by atoms with Crippen molar-refractivity contribution in [1.82, 2.24) is 0 Å². The summed E-state index contributed by atoms with van der Waals surface area (Å²) < 4.78 is 6.31. The quantitative estimate of drug-likeness (QED) is 0.595. The average molecular weight is 309 g/mol. The second-order valence-electron chi connectivity index (χ2n) is 6.98. The molecule has 0 spiro atoms. The van der Waals surface area contributed by atoms with E-state index in [-0.39, 0.29) is 51.2 Å². The van der Waals surface area contributed by atoms with Gasteiger partial charge in [-0.3, -0.25) is 0 Å². The van der Waals surface area contributed by atoms with Crippen LogP contribution in [0.1, 0.15) is 33.6 Å². The van der Waals surface area contributed by atoms with Crippen molar-refractivity contribution in [3.63, 3.8) is 0 Å². The van der Waals surface area contributed by atoms with Crippen molar-refractivity contribution in [3.05, 3.63) is 6.92 Å². The molecule has 0 aromatic heterocycles. The minimum Gasteiger partial charge on any atom is -0.432 e. The van der Waals surface area contributed by atoms with Crippen LogP contribution in [0, 0.1) is 30.1 Å². The molecule has 1 heterocycles. The van der Waals surface area contributed by atoms with Gasteiger partial charge in [0.25, 0.3) is 6.92 Å². The molecular formula is C13H23BNOY-. The SMILES string of the molecule is [CH2-][C@H](N)B1C[C@@H]2CC3CC(C3(C)C)[C@]2(C)O1.[Y]. The molecule has 0 amide bonds. The van der Waals surface area contributed by atoms with Gasteiger partial charge >= 0.3 is 0 Å². The van der Waals surface area contributed by atoms with E-state index in [9.17, 15) is 0 Å². The Balaban J connectivity index is 0.00000108. The number of nitrogens with two attached hydrogens (primary N) is 1. The smallest absolute Gasteiger partial charge is 0.280 e. The van der Waals surface area contributed by atoms with Crippen molar-refractivity contribution >= 4 is 6.92 Å². The van der Waals surface area contributed by atoms with Gasteiger partial charge in [0.1, 0.15) is 0 Å². The van der Waals surface area contributed by atoms with Crippen molar-refractivity contribution < 1.29 is 37.4 Å². The molecule has 2 unspecified atom stereocenters. The molecule has 93 valence electrons. The van der Waals surface area contributed by atoms with Gasteiger partial charge in [0, 0.05) is 32.7 Å². The molecule has 0 aromatic rings. The Morgan fingerprint density at radius 1 is 1.29 bits per heavy atom. The van der Waals surface area contributed by atoms with Gasteiger partial charge in [-0.1, -0.05) is 13.8 Å². The van der Waals surface area contributed by atoms with Crippen LogP contribution in [0.2, 0.25) is 6.32 Å². The van der Waals surface area contributed by atoms with E-state index in [1.165, 1.54) is 12.8 Å². The van der Waals surface area contributed by atoms with Crippen LogP contribution in [0.3, 0.4) is 0 Å². The molecule has 17 heavy (non-hydrogen) atoms. The van der Waals surface area contributed by atoms with E-state index in [2.05, 4.69) is 27.7 Å². The zero-order chi connectivity index (χ0) is 11.7. The van der Waals surface area contributed by atoms with E-state index in [1.807, 2.05) is 0 Å². The first-order valence-corrected chi connectivity index (χ1v) is 6.62. The first-order valence-electron chi connectivity index (χ1n) is 6.62. The molecule has 1 saturated heterocycles. The second-order valence-corrected chi connectivity index (χ2v) is 6.98. The summed E-state index contributed by atoms with van der Waals surface area (Å²) in [6, 6.07) is 0. The summed E-state index contributed by atoms with van der Waals surface area (Å²) in [4.78, 5) is 0. The Labute approximate surface area is 131 Å². The van der Waals surface area contributed by atoms with Crippen molar-refractivity contribution in [2.24, 2.45) is 28.9 Å². The number of hydrogen-bond acceptors (Lipinski definition) is 2. The third kappa shape index (κ3) is 1.83. The maximum absolute atomic E-state index is 6.31. The van der Waals surface area contributed by atoms with Gasteiger partial charge < -0.3 is 17.3 Å². The average Bonchev–Trinajstić information content (AvgIpc) is 2.54. The van der Waals surface area contributed by atoms with Crippen LogP contribution in [0.15, 0.2) is 0 Å². The summed E-state index contributed by atoms with van der Waals surface area (Å²) in [7, 11) is 0. The summed E-state index contributed by atoms with van der Waals surface area (Å²) in [6.45, 7) is 11.3. The van der Waals surface area contributed by atoms with Crippen LogP contribution >= 0.6 is 0 Å². The maximum Gasteiger partial charge on any atom is 0.280 e. The maximum atomic E-state index is 6.31. The third-order valence-corrected chi connectivity index (χ3v) is 5.94. The molecule has 0 aromatic carbocycles. The van der Waals surface area contributed by atoms with Crippen LogP contribution < -0.4 is 5.73 Å². The van der Waals surface area contributed by atoms with Gasteiger partial charge in [-0.05, 0) is 49.3 Å². The zero-order valence-electron chi connectivity index (χ0n) is 11.3. The topological polar surface area (TPSA) is 35.2 Å². The van der Waals surface area contributed by atoms with Gasteiger partial charge in [-0.15, -0.1) is 5.94 Å². The Morgan fingerprint density at radius 3 is 2.47 bits per heavy atom. The van der Waals surface area contributed by atoms with Gasteiger partial charge in [-0.25, -0.2) is 0 Å². The standard InChI is InChI=1S/C13H23BNO.Y/c1-8(15)14-7-10-5-9-6-11(12(9,2)3)13(10,4)16-14;/h8-11H,1,5-7,15H2,2-4H3;/q-1;/t8-,9?,10-,11?,13+;/m0./s1. The van der Waals surface area contributed by atoms with Gasteiger partial charge in [0.15, 0.2) is 0 Å². The monoisotopic (exact) mass is 309 g/mol. The van der Waals surface area contributed by atoms with Crippen molar-refractivity contribution in [2.75, 3.05) is 0 Å². The molecule has 4 rings (SSSR count). The number of rotatable bonds is 1. The fourth-order valence-electron chi connectivity index (χ4n) is 4.68. The molecule has 3 saturated carbocycles. The molecule has 2 nitrogen and oxygen atoms in total. The molecule has 2 N–H and O–H groups in total. The zero-order valence-corrected chi connectivity index (χ0v) is 14.1. The fraction of sp³-hybridized carbons (Fsp3) is 0.923. The molecule has 1 aliphatic heterocycles. The first kappa shape index (κ1) is 14.5. The van der Waals surface area contributed by atoms with Crippen LogP contribution in [0.5, 0.6) is 0 Å². The van der Waals surface area contributed by atoms with Crippen molar-refractivity contribution in [3.8, 4) is 0 Å². The predicted molar refractivity (Wildman–Crippen MR) is 66.9 cm³/mol. The fourth-order valence-corrected chi connectivity index (χ4v) is 4.68. The summed E-state index contributed by atoms with van der Waals surface area (Å²) in [6.07, 6.45) is 3.83. The summed E-state index contributed by atoms with van der Waals surface area (Å²) in [5.74, 6) is 2.30. The Bertz CT molecular complexity index is 323. The predicted octanol–water partition coefficient (Wildman–Crippen LogP) is 2.15. The minimum atomic E-state index is -0.0669. The Hall–Kier alpha value is 1.09. The Kier molecular flexibility index (Phi) is 3.66. The van der Waals surface area contributed by atoms with E-state index in [1.54, 1.807) is 0 Å². The molecule has 3 aliphatic carbocycles. The van der Waals surface area contributed by atoms with Crippen LogP contribution in [0.25, 0.3) is 0 Å². The van der Waals surface area contributed by atoms with Crippen LogP contribution in [0.4, 0.5) is 0 Å². The van der Waals surface area contributed by atoms with Crippen LogP contribution in [-0.4, -0.2) is 18.5 Å². The van der Waals surface area contributed by atoms with Crippen molar-refractivity contribution in [1.29, 1.82) is 0 Å². The van der Waals surface area contributed by atoms with E-state index in [4.69, 9.17) is 10.4 Å². The normalized spacial score (nSPS) is 47.8. The second kappa shape index (κ2) is 4.30. The largest absolute Gasteiger partial charge is 0.432 e. The summed E-state index contributed by atoms with van der Waals surface area (Å²) in [5, 5.41) is 0. The molecule has 2 bridgehead atoms. The third-order valence-electron chi connectivity index (χ3n) is 5.94.